The number of pyridine rings is 4. The van der Waals surface area contributed by atoms with Crippen LogP contribution in [0, 0.1) is 0 Å². The van der Waals surface area contributed by atoms with Crippen LogP contribution in [0.15, 0.2) is 170 Å². The van der Waals surface area contributed by atoms with Crippen molar-refractivity contribution in [3.8, 4) is 44.8 Å². The van der Waals surface area contributed by atoms with Gasteiger partial charge in [-0.05, 0) is 82.9 Å². The number of hydrogen-bond acceptors (Lipinski definition) is 5. The number of fused-ring (bicyclic) bond motifs is 9. The van der Waals surface area contributed by atoms with E-state index in [4.69, 9.17) is 9.97 Å². The lowest BCUT2D eigenvalue weighted by molar-refractivity contribution is 1.37. The third-order valence-corrected chi connectivity index (χ3v) is 11.5. The summed E-state index contributed by atoms with van der Waals surface area (Å²) in [4.78, 5) is 19.5. The second-order valence-corrected chi connectivity index (χ2v) is 14.6. The van der Waals surface area contributed by atoms with Gasteiger partial charge in [0.15, 0.2) is 0 Å². The molecule has 11 aromatic rings. The van der Waals surface area contributed by atoms with E-state index in [9.17, 15) is 0 Å². The molecular weight excluding hydrogens is 665 g/mol. The van der Waals surface area contributed by atoms with Crippen molar-refractivity contribution in [1.29, 1.82) is 0 Å². The van der Waals surface area contributed by atoms with Crippen LogP contribution >= 0.6 is 11.3 Å². The quantitative estimate of drug-likeness (QED) is 0.172. The van der Waals surface area contributed by atoms with E-state index in [1.165, 1.54) is 31.3 Å². The Morgan fingerprint density at radius 3 is 1.23 bits per heavy atom. The summed E-state index contributed by atoms with van der Waals surface area (Å²) in [6, 6.07) is 56.2. The molecule has 0 amide bonds. The fraction of sp³-hybridized carbons (Fsp3) is 0. The van der Waals surface area contributed by atoms with Gasteiger partial charge in [-0.1, -0.05) is 97.1 Å². The smallest absolute Gasteiger partial charge is 0.0972 e. The van der Waals surface area contributed by atoms with Gasteiger partial charge in [-0.2, -0.15) is 0 Å². The monoisotopic (exact) mass is 692 g/mol. The first-order valence-electron chi connectivity index (χ1n) is 17.7. The van der Waals surface area contributed by atoms with E-state index < -0.39 is 0 Å². The highest BCUT2D eigenvalue weighted by atomic mass is 32.1. The van der Waals surface area contributed by atoms with Crippen molar-refractivity contribution >= 4 is 75.1 Å². The maximum Gasteiger partial charge on any atom is 0.0972 e. The van der Waals surface area contributed by atoms with Crippen molar-refractivity contribution in [2.75, 3.05) is 0 Å². The van der Waals surface area contributed by atoms with E-state index in [1.54, 1.807) is 0 Å². The first-order chi connectivity index (χ1) is 26.2. The van der Waals surface area contributed by atoms with Crippen LogP contribution in [0.2, 0.25) is 0 Å². The highest BCUT2D eigenvalue weighted by molar-refractivity contribution is 7.25. The number of hydrogen-bond donors (Lipinski definition) is 0. The van der Waals surface area contributed by atoms with Crippen LogP contribution in [0.1, 0.15) is 0 Å². The standard InChI is InChI=1S/C48H28N4S/c1-5-33(25-37(7-1)41-19-15-31-13-11-29-9-3-23-49-45(29)47(31)51-41)35-17-21-43-39(27-35)40-28-36(18-22-44(40)53-43)34-6-2-8-38(26-34)42-20-16-32-14-12-30-10-4-24-50-46(30)48(32)52-42/h1-28H. The molecule has 0 aliphatic heterocycles. The van der Waals surface area contributed by atoms with Gasteiger partial charge in [0.1, 0.15) is 0 Å². The first kappa shape index (κ1) is 29.9. The summed E-state index contributed by atoms with van der Waals surface area (Å²) in [5.74, 6) is 0. The van der Waals surface area contributed by atoms with Crippen molar-refractivity contribution < 1.29 is 0 Å². The Hall–Kier alpha value is -6.82. The molecule has 0 unspecified atom stereocenters. The van der Waals surface area contributed by atoms with Crippen molar-refractivity contribution in [3.63, 3.8) is 0 Å². The molecule has 0 aliphatic carbocycles. The van der Waals surface area contributed by atoms with Gasteiger partial charge < -0.3 is 0 Å². The Morgan fingerprint density at radius 1 is 0.321 bits per heavy atom. The summed E-state index contributed by atoms with van der Waals surface area (Å²) >= 11 is 1.84. The Kier molecular flexibility index (Phi) is 6.69. The molecular formula is C48H28N4S. The summed E-state index contributed by atoms with van der Waals surface area (Å²) in [7, 11) is 0. The van der Waals surface area contributed by atoms with Gasteiger partial charge in [-0.3, -0.25) is 9.97 Å². The van der Waals surface area contributed by atoms with E-state index in [1.807, 2.05) is 35.9 Å². The van der Waals surface area contributed by atoms with Crippen LogP contribution in [0.5, 0.6) is 0 Å². The molecule has 5 aromatic heterocycles. The van der Waals surface area contributed by atoms with Crippen LogP contribution in [-0.4, -0.2) is 19.9 Å². The number of benzene rings is 6. The molecule has 0 aliphatic rings. The molecule has 0 radical (unpaired) electrons. The van der Waals surface area contributed by atoms with Crippen LogP contribution in [0.3, 0.4) is 0 Å². The van der Waals surface area contributed by atoms with Gasteiger partial charge in [0.2, 0.25) is 0 Å². The van der Waals surface area contributed by atoms with Crippen molar-refractivity contribution in [3.05, 3.63) is 170 Å². The van der Waals surface area contributed by atoms with E-state index >= 15 is 0 Å². The Balaban J connectivity index is 0.966. The molecule has 53 heavy (non-hydrogen) atoms. The SMILES string of the molecule is c1cc(-c2ccc3sc4ccc(-c5cccc(-c6ccc7ccc8cccnc8c7n6)c5)cc4c3c2)cc(-c2ccc3ccc4cccnc4c3n2)c1. The zero-order chi connectivity index (χ0) is 34.9. The second kappa shape index (κ2) is 11.9. The lowest BCUT2D eigenvalue weighted by Crippen LogP contribution is -1.89. The number of nitrogens with zero attached hydrogens (tertiary/aromatic N) is 4. The number of rotatable bonds is 4. The minimum absolute atomic E-state index is 0.929. The zero-order valence-electron chi connectivity index (χ0n) is 28.4. The lowest BCUT2D eigenvalue weighted by atomic mass is 9.97. The fourth-order valence-electron chi connectivity index (χ4n) is 7.62. The summed E-state index contributed by atoms with van der Waals surface area (Å²) in [5.41, 5.74) is 12.5. The molecule has 246 valence electrons. The van der Waals surface area contributed by atoms with Crippen molar-refractivity contribution in [1.82, 2.24) is 19.9 Å². The first-order valence-corrected chi connectivity index (χ1v) is 18.5. The second-order valence-electron chi connectivity index (χ2n) is 13.5. The molecule has 0 atom stereocenters. The van der Waals surface area contributed by atoms with Gasteiger partial charge in [0.25, 0.3) is 0 Å². The van der Waals surface area contributed by atoms with Gasteiger partial charge in [-0.25, -0.2) is 9.97 Å². The third kappa shape index (κ3) is 5.05. The average molecular weight is 693 g/mol. The minimum atomic E-state index is 0.929. The maximum atomic E-state index is 5.11. The van der Waals surface area contributed by atoms with Crippen molar-refractivity contribution in [2.24, 2.45) is 0 Å². The number of thiophene rings is 1. The normalized spacial score (nSPS) is 11.8. The Labute approximate surface area is 308 Å². The van der Waals surface area contributed by atoms with E-state index in [0.29, 0.717) is 0 Å². The molecule has 0 N–H and O–H groups in total. The lowest BCUT2D eigenvalue weighted by Gasteiger charge is -2.09. The van der Waals surface area contributed by atoms with E-state index in [0.717, 1.165) is 77.3 Å². The van der Waals surface area contributed by atoms with Gasteiger partial charge in [0.05, 0.1) is 33.5 Å². The summed E-state index contributed by atoms with van der Waals surface area (Å²) in [6.07, 6.45) is 3.67. The Morgan fingerprint density at radius 2 is 0.736 bits per heavy atom. The predicted molar refractivity (Wildman–Crippen MR) is 222 cm³/mol. The van der Waals surface area contributed by atoms with E-state index in [2.05, 4.69) is 156 Å². The fourth-order valence-corrected chi connectivity index (χ4v) is 8.69. The molecule has 11 rings (SSSR count). The summed E-state index contributed by atoms with van der Waals surface area (Å²) in [5, 5.41) is 6.91. The third-order valence-electron chi connectivity index (χ3n) is 10.3. The molecule has 0 bridgehead atoms. The summed E-state index contributed by atoms with van der Waals surface area (Å²) in [6.45, 7) is 0. The topological polar surface area (TPSA) is 51.6 Å². The zero-order valence-corrected chi connectivity index (χ0v) is 29.2. The molecule has 5 heterocycles. The van der Waals surface area contributed by atoms with Crippen LogP contribution in [-0.2, 0) is 0 Å². The van der Waals surface area contributed by atoms with Gasteiger partial charge in [0, 0.05) is 65.2 Å². The number of aromatic nitrogens is 4. The highest BCUT2D eigenvalue weighted by Gasteiger charge is 2.13. The average Bonchev–Trinajstić information content (AvgIpc) is 3.60. The van der Waals surface area contributed by atoms with Gasteiger partial charge in [-0.15, -0.1) is 11.3 Å². The molecule has 6 aromatic carbocycles. The molecule has 0 fully saturated rings. The van der Waals surface area contributed by atoms with E-state index in [-0.39, 0.29) is 0 Å². The minimum Gasteiger partial charge on any atom is -0.254 e. The molecule has 4 nitrogen and oxygen atoms in total. The molecule has 5 heteroatoms. The van der Waals surface area contributed by atoms with Crippen LogP contribution in [0.25, 0.3) is 109 Å². The van der Waals surface area contributed by atoms with Crippen molar-refractivity contribution in [2.45, 2.75) is 0 Å². The largest absolute Gasteiger partial charge is 0.254 e. The molecule has 0 saturated carbocycles. The Bertz CT molecular complexity index is 3040. The summed E-state index contributed by atoms with van der Waals surface area (Å²) < 4.78 is 2.56. The predicted octanol–water partition coefficient (Wildman–Crippen LogP) is 12.9. The maximum absolute atomic E-state index is 5.11. The molecule has 0 spiro atoms. The highest BCUT2D eigenvalue weighted by Crippen LogP contribution is 2.40. The van der Waals surface area contributed by atoms with Crippen LogP contribution in [0.4, 0.5) is 0 Å². The van der Waals surface area contributed by atoms with Crippen LogP contribution < -0.4 is 0 Å². The molecule has 0 saturated heterocycles. The van der Waals surface area contributed by atoms with Gasteiger partial charge >= 0.3 is 0 Å².